The van der Waals surface area contributed by atoms with Gasteiger partial charge in [-0.05, 0) is 93.0 Å². The summed E-state index contributed by atoms with van der Waals surface area (Å²) in [6.45, 7) is 0. The zero-order valence-electron chi connectivity index (χ0n) is 26.1. The van der Waals surface area contributed by atoms with Crippen LogP contribution in [-0.2, 0) is 0 Å². The van der Waals surface area contributed by atoms with Crippen molar-refractivity contribution in [2.75, 3.05) is 4.90 Å². The summed E-state index contributed by atoms with van der Waals surface area (Å²) in [5.74, 6) is 0.628. The standard InChI is InChI=1S/C45H30N2O/c1-4-12-31(13-5-1)36-18-10-20-38(28-36)47(39-21-11-19-37(29-39)32-14-6-2-7-15-32)40-26-24-33-22-23-34-25-27-42-44(43(34)41(33)30-40)48-45(46-42)35-16-8-3-9-17-35/h1-30H. The van der Waals surface area contributed by atoms with Gasteiger partial charge < -0.3 is 9.32 Å². The Morgan fingerprint density at radius 2 is 0.896 bits per heavy atom. The van der Waals surface area contributed by atoms with Crippen LogP contribution in [0.3, 0.4) is 0 Å². The third-order valence-corrected chi connectivity index (χ3v) is 9.04. The average molecular weight is 615 g/mol. The number of hydrogen-bond acceptors (Lipinski definition) is 3. The molecule has 0 atom stereocenters. The molecular formula is C45H30N2O. The van der Waals surface area contributed by atoms with Gasteiger partial charge >= 0.3 is 0 Å². The molecule has 0 N–H and O–H groups in total. The van der Waals surface area contributed by atoms with E-state index < -0.39 is 0 Å². The van der Waals surface area contributed by atoms with Gasteiger partial charge in [0.05, 0.1) is 0 Å². The minimum Gasteiger partial charge on any atom is -0.435 e. The Labute approximate surface area is 279 Å². The van der Waals surface area contributed by atoms with Crippen LogP contribution in [0, 0.1) is 0 Å². The van der Waals surface area contributed by atoms with E-state index in [0.717, 1.165) is 55.3 Å². The van der Waals surface area contributed by atoms with Gasteiger partial charge in [-0.3, -0.25) is 0 Å². The SMILES string of the molecule is c1ccc(-c2cccc(N(c3cccc(-c4ccccc4)c3)c3ccc4ccc5ccc6nc(-c7ccccc7)oc6c5c4c3)c2)cc1. The van der Waals surface area contributed by atoms with Crippen LogP contribution in [0.25, 0.3) is 66.4 Å². The van der Waals surface area contributed by atoms with Crippen molar-refractivity contribution in [2.24, 2.45) is 0 Å². The molecule has 0 amide bonds. The predicted molar refractivity (Wildman–Crippen MR) is 200 cm³/mol. The average Bonchev–Trinajstić information content (AvgIpc) is 3.61. The van der Waals surface area contributed by atoms with Crippen LogP contribution in [0.5, 0.6) is 0 Å². The summed E-state index contributed by atoms with van der Waals surface area (Å²) in [6, 6.07) is 64.1. The van der Waals surface area contributed by atoms with E-state index >= 15 is 0 Å². The Balaban J connectivity index is 1.27. The second-order valence-electron chi connectivity index (χ2n) is 12.0. The lowest BCUT2D eigenvalue weighted by atomic mass is 9.99. The predicted octanol–water partition coefficient (Wildman–Crippen LogP) is 12.6. The molecule has 8 aromatic carbocycles. The largest absolute Gasteiger partial charge is 0.435 e. The van der Waals surface area contributed by atoms with E-state index in [1.54, 1.807) is 0 Å². The minimum absolute atomic E-state index is 0.628. The monoisotopic (exact) mass is 614 g/mol. The number of fused-ring (bicyclic) bond motifs is 5. The van der Waals surface area contributed by atoms with Crippen molar-refractivity contribution < 1.29 is 4.42 Å². The molecule has 1 aromatic heterocycles. The minimum atomic E-state index is 0.628. The highest BCUT2D eigenvalue weighted by Gasteiger charge is 2.18. The summed E-state index contributed by atoms with van der Waals surface area (Å²) in [4.78, 5) is 7.25. The molecule has 9 aromatic rings. The van der Waals surface area contributed by atoms with Gasteiger partial charge in [-0.25, -0.2) is 4.98 Å². The molecule has 0 unspecified atom stereocenters. The highest BCUT2D eigenvalue weighted by molar-refractivity contribution is 6.18. The molecule has 0 saturated carbocycles. The Hall–Kier alpha value is -6.45. The molecule has 226 valence electrons. The Morgan fingerprint density at radius 3 is 1.52 bits per heavy atom. The summed E-state index contributed by atoms with van der Waals surface area (Å²) in [7, 11) is 0. The van der Waals surface area contributed by atoms with E-state index in [1.165, 1.54) is 22.3 Å². The Morgan fingerprint density at radius 1 is 0.396 bits per heavy atom. The first-order valence-corrected chi connectivity index (χ1v) is 16.2. The number of aromatic nitrogens is 1. The van der Waals surface area contributed by atoms with Crippen molar-refractivity contribution in [3.05, 3.63) is 182 Å². The second-order valence-corrected chi connectivity index (χ2v) is 12.0. The third kappa shape index (κ3) is 4.99. The van der Waals surface area contributed by atoms with Crippen molar-refractivity contribution in [1.29, 1.82) is 0 Å². The van der Waals surface area contributed by atoms with Crippen LogP contribution < -0.4 is 4.90 Å². The molecule has 0 spiro atoms. The number of nitrogens with zero attached hydrogens (tertiary/aromatic N) is 2. The summed E-state index contributed by atoms with van der Waals surface area (Å²) >= 11 is 0. The number of anilines is 3. The Bertz CT molecular complexity index is 2470. The Kier molecular flexibility index (Phi) is 6.80. The lowest BCUT2D eigenvalue weighted by Crippen LogP contribution is -2.10. The first-order chi connectivity index (χ1) is 23.8. The van der Waals surface area contributed by atoms with Crippen molar-refractivity contribution in [3.8, 4) is 33.7 Å². The molecule has 0 saturated heterocycles. The van der Waals surface area contributed by atoms with Gasteiger partial charge in [0, 0.05) is 28.0 Å². The molecule has 0 aliphatic carbocycles. The summed E-state index contributed by atoms with van der Waals surface area (Å²) in [5.41, 5.74) is 10.5. The van der Waals surface area contributed by atoms with E-state index in [-0.39, 0.29) is 0 Å². The topological polar surface area (TPSA) is 29.3 Å². The first kappa shape index (κ1) is 27.8. The van der Waals surface area contributed by atoms with Crippen molar-refractivity contribution in [3.63, 3.8) is 0 Å². The highest BCUT2D eigenvalue weighted by Crippen LogP contribution is 2.41. The van der Waals surface area contributed by atoms with E-state index in [9.17, 15) is 0 Å². The van der Waals surface area contributed by atoms with Crippen LogP contribution in [-0.4, -0.2) is 4.98 Å². The smallest absolute Gasteiger partial charge is 0.227 e. The first-order valence-electron chi connectivity index (χ1n) is 16.2. The highest BCUT2D eigenvalue weighted by atomic mass is 16.3. The van der Waals surface area contributed by atoms with Gasteiger partial charge in [0.1, 0.15) is 5.52 Å². The number of oxazole rings is 1. The maximum absolute atomic E-state index is 6.55. The van der Waals surface area contributed by atoms with E-state index in [2.05, 4.69) is 157 Å². The number of hydrogen-bond donors (Lipinski definition) is 0. The van der Waals surface area contributed by atoms with Crippen LogP contribution in [0.1, 0.15) is 0 Å². The number of benzene rings is 8. The van der Waals surface area contributed by atoms with Crippen molar-refractivity contribution >= 4 is 49.7 Å². The van der Waals surface area contributed by atoms with E-state index in [1.807, 2.05) is 30.3 Å². The van der Waals surface area contributed by atoms with Crippen LogP contribution >= 0.6 is 0 Å². The molecule has 3 heteroatoms. The summed E-state index contributed by atoms with van der Waals surface area (Å²) in [5, 5.41) is 4.45. The molecule has 1 heterocycles. The fourth-order valence-electron chi connectivity index (χ4n) is 6.71. The zero-order chi connectivity index (χ0) is 31.9. The third-order valence-electron chi connectivity index (χ3n) is 9.04. The quantitative estimate of drug-likeness (QED) is 0.175. The fourth-order valence-corrected chi connectivity index (χ4v) is 6.71. The van der Waals surface area contributed by atoms with Gasteiger partial charge in [-0.15, -0.1) is 0 Å². The van der Waals surface area contributed by atoms with E-state index in [0.29, 0.717) is 5.89 Å². The second kappa shape index (κ2) is 11.7. The van der Waals surface area contributed by atoms with Crippen LogP contribution in [0.15, 0.2) is 186 Å². The van der Waals surface area contributed by atoms with Crippen LogP contribution in [0.2, 0.25) is 0 Å². The maximum atomic E-state index is 6.55. The summed E-state index contributed by atoms with van der Waals surface area (Å²) < 4.78 is 6.55. The molecule has 0 fully saturated rings. The molecule has 48 heavy (non-hydrogen) atoms. The molecule has 0 aliphatic heterocycles. The van der Waals surface area contributed by atoms with Crippen molar-refractivity contribution in [2.45, 2.75) is 0 Å². The molecular weight excluding hydrogens is 585 g/mol. The maximum Gasteiger partial charge on any atom is 0.227 e. The van der Waals surface area contributed by atoms with Gasteiger partial charge in [-0.2, -0.15) is 0 Å². The molecule has 0 radical (unpaired) electrons. The van der Waals surface area contributed by atoms with Crippen molar-refractivity contribution in [1.82, 2.24) is 4.98 Å². The summed E-state index contributed by atoms with van der Waals surface area (Å²) in [6.07, 6.45) is 0. The fraction of sp³-hybridized carbons (Fsp3) is 0. The van der Waals surface area contributed by atoms with Crippen LogP contribution in [0.4, 0.5) is 17.1 Å². The van der Waals surface area contributed by atoms with Gasteiger partial charge in [0.2, 0.25) is 5.89 Å². The van der Waals surface area contributed by atoms with Gasteiger partial charge in [-0.1, -0.05) is 127 Å². The molecule has 3 nitrogen and oxygen atoms in total. The molecule has 0 bridgehead atoms. The molecule has 9 rings (SSSR count). The van der Waals surface area contributed by atoms with Gasteiger partial charge in [0.25, 0.3) is 0 Å². The van der Waals surface area contributed by atoms with Gasteiger partial charge in [0.15, 0.2) is 5.58 Å². The lowest BCUT2D eigenvalue weighted by molar-refractivity contribution is 0.623. The lowest BCUT2D eigenvalue weighted by Gasteiger charge is -2.27. The number of rotatable bonds is 6. The normalized spacial score (nSPS) is 11.3. The zero-order valence-corrected chi connectivity index (χ0v) is 26.1. The van der Waals surface area contributed by atoms with E-state index in [4.69, 9.17) is 9.40 Å². The molecule has 0 aliphatic rings.